The van der Waals surface area contributed by atoms with E-state index in [1.165, 1.54) is 11.3 Å². The summed E-state index contributed by atoms with van der Waals surface area (Å²) in [6.45, 7) is 4.86. The number of pyridine rings is 1. The molecule has 2 aliphatic heterocycles. The molecule has 0 atom stereocenters. The Labute approximate surface area is 194 Å². The number of rotatable bonds is 2. The van der Waals surface area contributed by atoms with Crippen molar-refractivity contribution in [3.05, 3.63) is 64.8 Å². The van der Waals surface area contributed by atoms with Gasteiger partial charge in [-0.2, -0.15) is 0 Å². The topological polar surface area (TPSA) is 39.7 Å². The number of amides is 1. The number of benzene rings is 2. The summed E-state index contributed by atoms with van der Waals surface area (Å²) in [5.74, 6) is -0.0412. The highest BCUT2D eigenvalue weighted by Crippen LogP contribution is 2.37. The van der Waals surface area contributed by atoms with Crippen molar-refractivity contribution in [1.82, 2.24) is 9.88 Å². The molecule has 0 spiro atoms. The van der Waals surface area contributed by atoms with Crippen molar-refractivity contribution in [2.45, 2.75) is 12.8 Å². The van der Waals surface area contributed by atoms with E-state index in [1.807, 2.05) is 23.2 Å². The molecule has 0 saturated carbocycles. The number of anilines is 2. The third kappa shape index (κ3) is 4.10. The number of carbonyl (C=O) groups excluding carboxylic acids is 1. The molecule has 0 aliphatic carbocycles. The van der Waals surface area contributed by atoms with Crippen molar-refractivity contribution in [3.8, 4) is 0 Å². The van der Waals surface area contributed by atoms with Crippen LogP contribution in [0.4, 0.5) is 11.4 Å². The minimum Gasteiger partial charge on any atom is -0.370 e. The van der Waals surface area contributed by atoms with Crippen molar-refractivity contribution >= 4 is 52.2 Å². The molecule has 5 rings (SSSR count). The van der Waals surface area contributed by atoms with Gasteiger partial charge in [-0.25, -0.2) is 0 Å². The number of nitrogens with zero attached hydrogens (tertiary/aromatic N) is 4. The summed E-state index contributed by atoms with van der Waals surface area (Å²) in [6.07, 6.45) is 3.88. The third-order valence-electron chi connectivity index (χ3n) is 6.22. The zero-order valence-corrected chi connectivity index (χ0v) is 19.1. The molecule has 7 heteroatoms. The monoisotopic (exact) mass is 456 g/mol. The highest BCUT2D eigenvalue weighted by molar-refractivity contribution is 6.34. The quantitative estimate of drug-likeness (QED) is 0.562. The average Bonchev–Trinajstić information content (AvgIpc) is 3.04. The summed E-state index contributed by atoms with van der Waals surface area (Å²) >= 11 is 6.31. The van der Waals surface area contributed by atoms with Gasteiger partial charge in [0, 0.05) is 49.1 Å². The van der Waals surface area contributed by atoms with E-state index in [4.69, 9.17) is 11.6 Å². The molecule has 0 unspecified atom stereocenters. The fourth-order valence-electron chi connectivity index (χ4n) is 4.57. The van der Waals surface area contributed by atoms with Crippen molar-refractivity contribution in [3.63, 3.8) is 0 Å². The molecule has 1 amide bonds. The number of halogens is 2. The summed E-state index contributed by atoms with van der Waals surface area (Å²) in [7, 11) is 2.18. The molecule has 162 valence electrons. The summed E-state index contributed by atoms with van der Waals surface area (Å²) in [5, 5.41) is 1.60. The van der Waals surface area contributed by atoms with Gasteiger partial charge >= 0.3 is 0 Å². The predicted molar refractivity (Wildman–Crippen MR) is 130 cm³/mol. The Balaban J connectivity index is 0.00000231. The Morgan fingerprint density at radius 3 is 2.68 bits per heavy atom. The average molecular weight is 457 g/mol. The molecule has 0 N–H and O–H groups in total. The van der Waals surface area contributed by atoms with Gasteiger partial charge in [0.2, 0.25) is 0 Å². The standard InChI is InChI=1S/C24H25ClN4O.ClH/c1-27-10-4-11-28(14-13-27)22-7-9-26-21-15-17-8-12-29(23(17)16-19(21)22)24(30)18-5-2-3-6-20(18)25;/h2-3,5-7,9,15-16H,4,8,10-14H2,1H3;1H. The van der Waals surface area contributed by atoms with Crippen LogP contribution in [0, 0.1) is 0 Å². The van der Waals surface area contributed by atoms with E-state index >= 15 is 0 Å². The number of hydrogen-bond donors (Lipinski definition) is 0. The maximum atomic E-state index is 13.2. The lowest BCUT2D eigenvalue weighted by Gasteiger charge is -2.25. The van der Waals surface area contributed by atoms with E-state index < -0.39 is 0 Å². The third-order valence-corrected chi connectivity index (χ3v) is 6.55. The molecule has 2 aliphatic rings. The van der Waals surface area contributed by atoms with Gasteiger partial charge in [0.15, 0.2) is 0 Å². The van der Waals surface area contributed by atoms with Crippen LogP contribution in [0.2, 0.25) is 5.02 Å². The van der Waals surface area contributed by atoms with Crippen LogP contribution < -0.4 is 9.80 Å². The Morgan fingerprint density at radius 1 is 1.00 bits per heavy atom. The minimum atomic E-state index is -0.0412. The van der Waals surface area contributed by atoms with Crippen LogP contribution in [0.1, 0.15) is 22.3 Å². The van der Waals surface area contributed by atoms with Crippen molar-refractivity contribution in [2.24, 2.45) is 0 Å². The molecule has 1 saturated heterocycles. The molecular weight excluding hydrogens is 431 g/mol. The van der Waals surface area contributed by atoms with Crippen LogP contribution in [0.3, 0.4) is 0 Å². The first-order chi connectivity index (χ1) is 14.6. The van der Waals surface area contributed by atoms with Gasteiger partial charge in [0.1, 0.15) is 0 Å². The van der Waals surface area contributed by atoms with Gasteiger partial charge in [-0.1, -0.05) is 23.7 Å². The molecule has 5 nitrogen and oxygen atoms in total. The van der Waals surface area contributed by atoms with Gasteiger partial charge in [-0.3, -0.25) is 9.78 Å². The van der Waals surface area contributed by atoms with Crippen molar-refractivity contribution in [1.29, 1.82) is 0 Å². The number of carbonyl (C=O) groups is 1. The van der Waals surface area contributed by atoms with Crippen LogP contribution in [0.5, 0.6) is 0 Å². The molecule has 1 fully saturated rings. The van der Waals surface area contributed by atoms with Crippen LogP contribution in [-0.4, -0.2) is 55.6 Å². The summed E-state index contributed by atoms with van der Waals surface area (Å²) in [4.78, 5) is 24.6. The highest BCUT2D eigenvalue weighted by atomic mass is 35.5. The molecule has 3 heterocycles. The number of likely N-dealkylation sites (N-methyl/N-ethyl adjacent to an activating group) is 1. The lowest BCUT2D eigenvalue weighted by atomic mass is 10.1. The first-order valence-electron chi connectivity index (χ1n) is 10.5. The van der Waals surface area contributed by atoms with Gasteiger partial charge in [0.05, 0.1) is 16.1 Å². The molecule has 2 aromatic carbocycles. The minimum absolute atomic E-state index is 0. The largest absolute Gasteiger partial charge is 0.370 e. The Hall–Kier alpha value is -2.34. The van der Waals surface area contributed by atoms with Crippen LogP contribution >= 0.6 is 24.0 Å². The van der Waals surface area contributed by atoms with Crippen molar-refractivity contribution in [2.75, 3.05) is 49.6 Å². The van der Waals surface area contributed by atoms with Crippen LogP contribution in [0.15, 0.2) is 48.7 Å². The number of hydrogen-bond acceptors (Lipinski definition) is 4. The van der Waals surface area contributed by atoms with E-state index in [-0.39, 0.29) is 18.3 Å². The lowest BCUT2D eigenvalue weighted by Crippen LogP contribution is -2.29. The number of aromatic nitrogens is 1. The van der Waals surface area contributed by atoms with E-state index in [2.05, 4.69) is 40.0 Å². The Kier molecular flexibility index (Phi) is 6.37. The molecular formula is C24H26Cl2N4O. The van der Waals surface area contributed by atoms with E-state index in [0.717, 1.165) is 55.6 Å². The second-order valence-electron chi connectivity index (χ2n) is 8.16. The van der Waals surface area contributed by atoms with Gasteiger partial charge < -0.3 is 14.7 Å². The van der Waals surface area contributed by atoms with E-state index in [1.54, 1.807) is 12.1 Å². The van der Waals surface area contributed by atoms with E-state index in [9.17, 15) is 4.79 Å². The molecule has 1 aromatic heterocycles. The zero-order chi connectivity index (χ0) is 20.7. The SMILES string of the molecule is CN1CCCN(c2ccnc3cc4c(cc23)N(C(=O)c2ccccc2Cl)CC4)CC1.Cl. The van der Waals surface area contributed by atoms with Crippen molar-refractivity contribution < 1.29 is 4.79 Å². The second-order valence-corrected chi connectivity index (χ2v) is 8.57. The van der Waals surface area contributed by atoms with Gasteiger partial charge in [0.25, 0.3) is 5.91 Å². The maximum absolute atomic E-state index is 13.2. The molecule has 0 bridgehead atoms. The normalized spacial score (nSPS) is 16.7. The van der Waals surface area contributed by atoms with Crippen LogP contribution in [-0.2, 0) is 6.42 Å². The summed E-state index contributed by atoms with van der Waals surface area (Å²) < 4.78 is 0. The fourth-order valence-corrected chi connectivity index (χ4v) is 4.78. The maximum Gasteiger partial charge on any atom is 0.259 e. The van der Waals surface area contributed by atoms with Gasteiger partial charge in [-0.15, -0.1) is 12.4 Å². The molecule has 3 aromatic rings. The molecule has 31 heavy (non-hydrogen) atoms. The Bertz CT molecular complexity index is 1120. The first-order valence-corrected chi connectivity index (χ1v) is 10.9. The smallest absolute Gasteiger partial charge is 0.259 e. The zero-order valence-electron chi connectivity index (χ0n) is 17.6. The first kappa shape index (κ1) is 21.9. The second kappa shape index (κ2) is 9.03. The fraction of sp³-hybridized carbons (Fsp3) is 0.333. The Morgan fingerprint density at radius 2 is 1.84 bits per heavy atom. The summed E-state index contributed by atoms with van der Waals surface area (Å²) in [5.41, 5.74) is 4.90. The highest BCUT2D eigenvalue weighted by Gasteiger charge is 2.28. The van der Waals surface area contributed by atoms with Crippen LogP contribution in [0.25, 0.3) is 10.9 Å². The summed E-state index contributed by atoms with van der Waals surface area (Å²) in [6, 6.07) is 13.7. The van der Waals surface area contributed by atoms with E-state index in [0.29, 0.717) is 17.1 Å². The number of fused-ring (bicyclic) bond motifs is 2. The predicted octanol–water partition coefficient (Wildman–Crippen LogP) is 4.65. The van der Waals surface area contributed by atoms with Gasteiger partial charge in [-0.05, 0) is 62.3 Å². The lowest BCUT2D eigenvalue weighted by molar-refractivity contribution is 0.0989. The molecule has 0 radical (unpaired) electrons.